The van der Waals surface area contributed by atoms with Crippen LogP contribution in [0.2, 0.25) is 0 Å². The molecule has 8 nitrogen and oxygen atoms in total. The Morgan fingerprint density at radius 3 is 2.79 bits per heavy atom. The summed E-state index contributed by atoms with van der Waals surface area (Å²) < 4.78 is 12.0. The van der Waals surface area contributed by atoms with E-state index < -0.39 is 0 Å². The van der Waals surface area contributed by atoms with Gasteiger partial charge in [0, 0.05) is 51.9 Å². The molecule has 4 rings (SSSR count). The Morgan fingerprint density at radius 1 is 1.24 bits per heavy atom. The molecule has 1 saturated heterocycles. The van der Waals surface area contributed by atoms with Crippen molar-refractivity contribution in [1.82, 2.24) is 14.4 Å². The van der Waals surface area contributed by atoms with E-state index in [0.717, 1.165) is 12.1 Å². The van der Waals surface area contributed by atoms with Crippen molar-refractivity contribution in [3.63, 3.8) is 0 Å². The summed E-state index contributed by atoms with van der Waals surface area (Å²) in [7, 11) is 3.24. The summed E-state index contributed by atoms with van der Waals surface area (Å²) >= 11 is 0. The van der Waals surface area contributed by atoms with Gasteiger partial charge in [0.05, 0.1) is 12.9 Å². The summed E-state index contributed by atoms with van der Waals surface area (Å²) in [5, 5.41) is 0. The molecule has 8 heteroatoms. The zero-order chi connectivity index (χ0) is 20.5. The Hall–Kier alpha value is -2.87. The zero-order valence-electron chi connectivity index (χ0n) is 16.7. The maximum Gasteiger partial charge on any atom is 0.289 e. The largest absolute Gasteiger partial charge is 0.459 e. The van der Waals surface area contributed by atoms with Crippen LogP contribution in [0.25, 0.3) is 0 Å². The van der Waals surface area contributed by atoms with Crippen LogP contribution < -0.4 is 5.56 Å². The maximum atomic E-state index is 13.1. The maximum absolute atomic E-state index is 13.1. The summed E-state index contributed by atoms with van der Waals surface area (Å²) in [5.74, 6) is 0.168. The predicted octanol–water partition coefficient (Wildman–Crippen LogP) is 1.42. The number of ether oxygens (including phenoxy) is 1. The van der Waals surface area contributed by atoms with Crippen LogP contribution in [0.1, 0.15) is 38.9 Å². The summed E-state index contributed by atoms with van der Waals surface area (Å²) in [5.41, 5.74) is 0.812. The molecule has 2 bridgehead atoms. The van der Waals surface area contributed by atoms with Gasteiger partial charge in [0.2, 0.25) is 0 Å². The number of hydrogen-bond acceptors (Lipinski definition) is 5. The van der Waals surface area contributed by atoms with Crippen molar-refractivity contribution in [2.24, 2.45) is 5.92 Å². The van der Waals surface area contributed by atoms with Gasteiger partial charge in [-0.3, -0.25) is 14.4 Å². The second kappa shape index (κ2) is 7.87. The highest BCUT2D eigenvalue weighted by Gasteiger charge is 2.37. The van der Waals surface area contributed by atoms with E-state index in [2.05, 4.69) is 0 Å². The van der Waals surface area contributed by atoms with Crippen LogP contribution in [0.15, 0.2) is 39.7 Å². The number of carbonyl (C=O) groups is 2. The van der Waals surface area contributed by atoms with Gasteiger partial charge in [-0.05, 0) is 36.6 Å². The van der Waals surface area contributed by atoms with Crippen molar-refractivity contribution < 1.29 is 18.7 Å². The van der Waals surface area contributed by atoms with Gasteiger partial charge in [-0.2, -0.15) is 0 Å². The molecule has 29 heavy (non-hydrogen) atoms. The normalized spacial score (nSPS) is 20.3. The number of furan rings is 1. The molecule has 154 valence electrons. The van der Waals surface area contributed by atoms with Crippen molar-refractivity contribution in [1.29, 1.82) is 0 Å². The highest BCUT2D eigenvalue weighted by molar-refractivity contribution is 5.93. The first-order chi connectivity index (χ1) is 14.0. The van der Waals surface area contributed by atoms with E-state index in [1.54, 1.807) is 36.9 Å². The van der Waals surface area contributed by atoms with E-state index in [1.165, 1.54) is 11.2 Å². The lowest BCUT2D eigenvalue weighted by Crippen LogP contribution is -2.49. The zero-order valence-corrected chi connectivity index (χ0v) is 16.7. The number of nitrogens with zero attached hydrogens (tertiary/aromatic N) is 3. The minimum Gasteiger partial charge on any atom is -0.459 e. The molecule has 2 atom stereocenters. The fraction of sp³-hybridized carbons (Fsp3) is 0.476. The van der Waals surface area contributed by atoms with Crippen molar-refractivity contribution in [3.05, 3.63) is 57.9 Å². The summed E-state index contributed by atoms with van der Waals surface area (Å²) in [6.45, 7) is 2.46. The topological polar surface area (TPSA) is 85.0 Å². The molecule has 0 aliphatic carbocycles. The van der Waals surface area contributed by atoms with Gasteiger partial charge in [0.25, 0.3) is 17.4 Å². The Kier molecular flexibility index (Phi) is 5.27. The van der Waals surface area contributed by atoms with E-state index >= 15 is 0 Å². The van der Waals surface area contributed by atoms with Crippen molar-refractivity contribution in [2.75, 3.05) is 40.4 Å². The Morgan fingerprint density at radius 2 is 2.07 bits per heavy atom. The van der Waals surface area contributed by atoms with Crippen LogP contribution in [0, 0.1) is 5.92 Å². The molecule has 2 aromatic rings. The monoisotopic (exact) mass is 399 g/mol. The number of amides is 2. The van der Waals surface area contributed by atoms with E-state index in [0.29, 0.717) is 38.5 Å². The molecule has 4 heterocycles. The molecule has 1 fully saturated rings. The number of fused-ring (bicyclic) bond motifs is 4. The number of rotatable bonds is 5. The van der Waals surface area contributed by atoms with Crippen LogP contribution >= 0.6 is 0 Å². The van der Waals surface area contributed by atoms with E-state index in [-0.39, 0.29) is 34.8 Å². The number of aromatic nitrogens is 1. The lowest BCUT2D eigenvalue weighted by Gasteiger charge is -2.42. The van der Waals surface area contributed by atoms with Crippen LogP contribution in [0.5, 0.6) is 0 Å². The van der Waals surface area contributed by atoms with Gasteiger partial charge >= 0.3 is 0 Å². The Labute approximate surface area is 168 Å². The molecule has 0 radical (unpaired) electrons. The number of carbonyl (C=O) groups excluding carboxylic acids is 2. The molecule has 0 spiro atoms. The standard InChI is InChI=1S/C21H25N3O5/c1-22(7-9-28-2)19(25)16-5-6-17-15-10-14(12-24(17)20(16)26)11-23(13-15)21(27)18-4-3-8-29-18/h3-6,8,14-15H,7,9-13H2,1-2H3/t14-,15+/m0/s1. The van der Waals surface area contributed by atoms with Crippen molar-refractivity contribution >= 4 is 11.8 Å². The molecule has 2 aliphatic heterocycles. The number of likely N-dealkylation sites (tertiary alicyclic amines) is 1. The van der Waals surface area contributed by atoms with Crippen molar-refractivity contribution in [3.8, 4) is 0 Å². The fourth-order valence-corrected chi connectivity index (χ4v) is 4.37. The van der Waals surface area contributed by atoms with Crippen molar-refractivity contribution in [2.45, 2.75) is 18.9 Å². The minimum atomic E-state index is -0.298. The van der Waals surface area contributed by atoms with Gasteiger partial charge in [-0.15, -0.1) is 0 Å². The van der Waals surface area contributed by atoms with Crippen LogP contribution in [-0.2, 0) is 11.3 Å². The van der Waals surface area contributed by atoms with Gasteiger partial charge in [-0.1, -0.05) is 0 Å². The van der Waals surface area contributed by atoms with Crippen LogP contribution in [0.4, 0.5) is 0 Å². The van der Waals surface area contributed by atoms with Gasteiger partial charge in [0.1, 0.15) is 5.56 Å². The quantitative estimate of drug-likeness (QED) is 0.759. The molecule has 0 saturated carbocycles. The van der Waals surface area contributed by atoms with Gasteiger partial charge in [0.15, 0.2) is 5.76 Å². The molecule has 0 N–H and O–H groups in total. The van der Waals surface area contributed by atoms with Gasteiger partial charge < -0.3 is 23.5 Å². The molecule has 2 aliphatic rings. The van der Waals surface area contributed by atoms with Gasteiger partial charge in [-0.25, -0.2) is 0 Å². The number of pyridine rings is 1. The van der Waals surface area contributed by atoms with Crippen LogP contribution in [0.3, 0.4) is 0 Å². The fourth-order valence-electron chi connectivity index (χ4n) is 4.37. The van der Waals surface area contributed by atoms with E-state index in [9.17, 15) is 14.4 Å². The predicted molar refractivity (Wildman–Crippen MR) is 105 cm³/mol. The van der Waals surface area contributed by atoms with E-state index in [4.69, 9.17) is 9.15 Å². The molecular formula is C21H25N3O5. The smallest absolute Gasteiger partial charge is 0.289 e. The first-order valence-corrected chi connectivity index (χ1v) is 9.80. The molecule has 2 amide bonds. The number of methoxy groups -OCH3 is 1. The average molecular weight is 399 g/mol. The first-order valence-electron chi connectivity index (χ1n) is 9.80. The highest BCUT2D eigenvalue weighted by atomic mass is 16.5. The number of likely N-dealkylation sites (N-methyl/N-ethyl adjacent to an activating group) is 1. The number of piperidine rings is 1. The second-order valence-electron chi connectivity index (χ2n) is 7.79. The first kappa shape index (κ1) is 19.4. The summed E-state index contributed by atoms with van der Waals surface area (Å²) in [6.07, 6.45) is 2.43. The summed E-state index contributed by atoms with van der Waals surface area (Å²) in [6, 6.07) is 6.85. The third kappa shape index (κ3) is 3.60. The number of hydrogen-bond donors (Lipinski definition) is 0. The lowest BCUT2D eigenvalue weighted by molar-refractivity contribution is 0.0563. The molecule has 0 aromatic carbocycles. The average Bonchev–Trinajstić information content (AvgIpc) is 3.26. The molecular weight excluding hydrogens is 374 g/mol. The summed E-state index contributed by atoms with van der Waals surface area (Å²) in [4.78, 5) is 41.7. The molecule has 2 aromatic heterocycles. The van der Waals surface area contributed by atoms with Crippen LogP contribution in [-0.4, -0.2) is 66.6 Å². The minimum absolute atomic E-state index is 0.0736. The highest BCUT2D eigenvalue weighted by Crippen LogP contribution is 2.35. The third-order valence-electron chi connectivity index (χ3n) is 5.83. The third-order valence-corrected chi connectivity index (χ3v) is 5.83. The van der Waals surface area contributed by atoms with E-state index in [1.807, 2.05) is 11.0 Å². The molecule has 0 unspecified atom stereocenters. The SMILES string of the molecule is COCCN(C)C(=O)c1ccc2n(c1=O)C[C@H]1C[C@@H]2CN(C(=O)c2ccco2)C1. The second-order valence-corrected chi connectivity index (χ2v) is 7.79. The Balaban J connectivity index is 1.58. The Bertz CT molecular complexity index is 965. The lowest BCUT2D eigenvalue weighted by atomic mass is 9.83.